The quantitative estimate of drug-likeness (QED) is 0.616. The molecule has 2 atom stereocenters. The number of rotatable bonds is 7. The van der Waals surface area contributed by atoms with E-state index in [-0.39, 0.29) is 0 Å². The van der Waals surface area contributed by atoms with Crippen molar-refractivity contribution in [2.24, 2.45) is 11.8 Å². The lowest BCUT2D eigenvalue weighted by Gasteiger charge is -2.15. The zero-order chi connectivity index (χ0) is 18.9. The number of hydrogen-bond donors (Lipinski definition) is 1. The lowest BCUT2D eigenvalue weighted by Crippen LogP contribution is -2.44. The smallest absolute Gasteiger partial charge is 0.281 e. The molecule has 1 saturated heterocycles. The Balaban J connectivity index is 2.82. The van der Waals surface area contributed by atoms with E-state index in [1.807, 2.05) is 0 Å². The maximum absolute atomic E-state index is 12.2. The number of nitrogens with zero attached hydrogens (tertiary/aromatic N) is 1. The van der Waals surface area contributed by atoms with Crippen molar-refractivity contribution in [2.75, 3.05) is 12.3 Å². The summed E-state index contributed by atoms with van der Waals surface area (Å²) in [5.41, 5.74) is -5.79. The molecule has 1 aliphatic rings. The van der Waals surface area contributed by atoms with Crippen molar-refractivity contribution in [2.45, 2.75) is 32.2 Å². The van der Waals surface area contributed by atoms with Crippen molar-refractivity contribution in [3.05, 3.63) is 0 Å². The lowest BCUT2D eigenvalue weighted by atomic mass is 9.93. The Morgan fingerprint density at radius 1 is 1.12 bits per heavy atom. The third-order valence-corrected chi connectivity index (χ3v) is 6.79. The summed E-state index contributed by atoms with van der Waals surface area (Å²) in [5.74, 6) is -3.66. The van der Waals surface area contributed by atoms with E-state index in [2.05, 4.69) is 0 Å². The molecule has 2 amide bonds. The van der Waals surface area contributed by atoms with Gasteiger partial charge in [0.2, 0.25) is 21.8 Å². The molecule has 1 aliphatic heterocycles. The van der Waals surface area contributed by atoms with Crippen LogP contribution in [-0.4, -0.2) is 51.4 Å². The van der Waals surface area contributed by atoms with Gasteiger partial charge in [0.05, 0.1) is 5.75 Å². The standard InChI is InChI=1S/C11H17F3N2O6S2/c1-3-4-8-7(2)9(17)16(10(8)18)5-6-23(19,20)15-24(21,22)11(12,13)14/h7-8,15H,3-6H2,1-2H3. The number of hydrogen-bond acceptors (Lipinski definition) is 6. The van der Waals surface area contributed by atoms with Crippen molar-refractivity contribution in [3.63, 3.8) is 0 Å². The Kier molecular flexibility index (Phi) is 6.04. The molecule has 0 radical (unpaired) electrons. The van der Waals surface area contributed by atoms with Gasteiger partial charge < -0.3 is 0 Å². The predicted octanol–water partition coefficient (Wildman–Crippen LogP) is 0.177. The van der Waals surface area contributed by atoms with E-state index >= 15 is 0 Å². The predicted molar refractivity (Wildman–Crippen MR) is 76.2 cm³/mol. The molecule has 1 heterocycles. The second-order valence-electron chi connectivity index (χ2n) is 5.36. The number of imide groups is 1. The summed E-state index contributed by atoms with van der Waals surface area (Å²) in [6, 6.07) is 0. The molecule has 1 rings (SSSR count). The summed E-state index contributed by atoms with van der Waals surface area (Å²) in [7, 11) is -11.0. The van der Waals surface area contributed by atoms with Crippen LogP contribution in [0.5, 0.6) is 0 Å². The van der Waals surface area contributed by atoms with Gasteiger partial charge in [-0.2, -0.15) is 13.2 Å². The fraction of sp³-hybridized carbons (Fsp3) is 0.818. The normalized spacial score (nSPS) is 23.1. The van der Waals surface area contributed by atoms with Gasteiger partial charge in [-0.1, -0.05) is 20.3 Å². The van der Waals surface area contributed by atoms with Crippen LogP contribution in [0.4, 0.5) is 13.2 Å². The second-order valence-corrected chi connectivity index (χ2v) is 9.14. The van der Waals surface area contributed by atoms with Crippen molar-refractivity contribution in [1.82, 2.24) is 9.03 Å². The summed E-state index contributed by atoms with van der Waals surface area (Å²) in [4.78, 5) is 24.7. The van der Waals surface area contributed by atoms with E-state index in [1.54, 1.807) is 6.92 Å². The molecule has 1 N–H and O–H groups in total. The van der Waals surface area contributed by atoms with Crippen molar-refractivity contribution in [1.29, 1.82) is 0 Å². The molecule has 140 valence electrons. The zero-order valence-electron chi connectivity index (χ0n) is 12.8. The van der Waals surface area contributed by atoms with Gasteiger partial charge in [0.1, 0.15) is 0 Å². The average Bonchev–Trinajstić information content (AvgIpc) is 2.59. The van der Waals surface area contributed by atoms with E-state index in [0.29, 0.717) is 21.9 Å². The van der Waals surface area contributed by atoms with Crippen LogP contribution in [-0.2, 0) is 29.6 Å². The number of carbonyl (C=O) groups is 2. The van der Waals surface area contributed by atoms with Crippen molar-refractivity contribution < 1.29 is 39.6 Å². The molecule has 0 aromatic carbocycles. The maximum Gasteiger partial charge on any atom is 0.512 e. The Morgan fingerprint density at radius 2 is 1.67 bits per heavy atom. The number of alkyl halides is 3. The summed E-state index contributed by atoms with van der Waals surface area (Å²) in [6.07, 6.45) is 1.03. The highest BCUT2D eigenvalue weighted by Crippen LogP contribution is 2.29. The third-order valence-electron chi connectivity index (χ3n) is 3.57. The topological polar surface area (TPSA) is 118 Å². The summed E-state index contributed by atoms with van der Waals surface area (Å²) >= 11 is 0. The number of sulfonamides is 2. The van der Waals surface area contributed by atoms with E-state index in [9.17, 15) is 39.6 Å². The minimum absolute atomic E-state index is 0.412. The van der Waals surface area contributed by atoms with Crippen LogP contribution in [0.1, 0.15) is 26.7 Å². The van der Waals surface area contributed by atoms with E-state index in [0.717, 1.165) is 0 Å². The van der Waals surface area contributed by atoms with Gasteiger partial charge >= 0.3 is 15.5 Å². The van der Waals surface area contributed by atoms with Crippen LogP contribution < -0.4 is 4.13 Å². The molecule has 2 unspecified atom stereocenters. The molecular weight excluding hydrogens is 377 g/mol. The number of likely N-dealkylation sites (tertiary alicyclic amines) is 1. The summed E-state index contributed by atoms with van der Waals surface area (Å²) in [6.45, 7) is 2.58. The number of nitrogens with one attached hydrogen (secondary N) is 1. The molecule has 8 nitrogen and oxygen atoms in total. The van der Waals surface area contributed by atoms with Crippen LogP contribution in [0.3, 0.4) is 0 Å². The van der Waals surface area contributed by atoms with Gasteiger partial charge in [0, 0.05) is 18.4 Å². The van der Waals surface area contributed by atoms with Crippen LogP contribution in [0.15, 0.2) is 0 Å². The fourth-order valence-electron chi connectivity index (χ4n) is 2.31. The van der Waals surface area contributed by atoms with Gasteiger partial charge in [-0.05, 0) is 6.42 Å². The molecule has 1 fully saturated rings. The van der Waals surface area contributed by atoms with Crippen LogP contribution in [0, 0.1) is 11.8 Å². The molecule has 0 saturated carbocycles. The van der Waals surface area contributed by atoms with Crippen LogP contribution >= 0.6 is 0 Å². The molecule has 13 heteroatoms. The summed E-state index contributed by atoms with van der Waals surface area (Å²) in [5, 5.41) is 0. The molecule has 0 aromatic rings. The Bertz CT molecular complexity index is 717. The third kappa shape index (κ3) is 4.45. The molecular formula is C11H17F3N2O6S2. The van der Waals surface area contributed by atoms with Crippen LogP contribution in [0.2, 0.25) is 0 Å². The maximum atomic E-state index is 12.2. The highest BCUT2D eigenvalue weighted by molar-refractivity contribution is 8.05. The van der Waals surface area contributed by atoms with Crippen LogP contribution in [0.25, 0.3) is 0 Å². The van der Waals surface area contributed by atoms with Gasteiger partial charge in [0.15, 0.2) is 0 Å². The molecule has 0 aromatic heterocycles. The number of amides is 2. The Hall–Kier alpha value is -1.21. The van der Waals surface area contributed by atoms with E-state index < -0.39 is 61.5 Å². The zero-order valence-corrected chi connectivity index (χ0v) is 14.5. The van der Waals surface area contributed by atoms with E-state index in [1.165, 1.54) is 6.92 Å². The fourth-order valence-corrected chi connectivity index (χ4v) is 4.78. The summed E-state index contributed by atoms with van der Waals surface area (Å²) < 4.78 is 81.8. The first-order valence-corrected chi connectivity index (χ1v) is 10.0. The van der Waals surface area contributed by atoms with Gasteiger partial charge in [-0.3, -0.25) is 14.5 Å². The first-order valence-electron chi connectivity index (χ1n) is 6.91. The first kappa shape index (κ1) is 20.8. The average molecular weight is 394 g/mol. The number of halogens is 3. The van der Waals surface area contributed by atoms with E-state index in [4.69, 9.17) is 0 Å². The Labute approximate surface area is 137 Å². The second kappa shape index (κ2) is 6.96. The largest absolute Gasteiger partial charge is 0.512 e. The molecule has 0 bridgehead atoms. The van der Waals surface area contributed by atoms with Gasteiger partial charge in [-0.15, -0.1) is 4.13 Å². The monoisotopic (exact) mass is 394 g/mol. The Morgan fingerprint density at radius 3 is 2.12 bits per heavy atom. The minimum Gasteiger partial charge on any atom is -0.281 e. The minimum atomic E-state index is -6.08. The first-order chi connectivity index (χ1) is 10.7. The van der Waals surface area contributed by atoms with Crippen molar-refractivity contribution in [3.8, 4) is 0 Å². The van der Waals surface area contributed by atoms with Gasteiger partial charge in [0.25, 0.3) is 0 Å². The molecule has 0 spiro atoms. The lowest BCUT2D eigenvalue weighted by molar-refractivity contribution is -0.139. The highest BCUT2D eigenvalue weighted by atomic mass is 32.3. The molecule has 24 heavy (non-hydrogen) atoms. The SMILES string of the molecule is CCCC1C(=O)N(CCS(=O)(=O)NS(=O)(=O)C(F)(F)F)C(=O)C1C. The van der Waals surface area contributed by atoms with Gasteiger partial charge in [-0.25, -0.2) is 16.8 Å². The van der Waals surface area contributed by atoms with Crippen molar-refractivity contribution >= 4 is 31.9 Å². The molecule has 0 aliphatic carbocycles. The number of carbonyl (C=O) groups excluding carboxylic acids is 2. The highest BCUT2D eigenvalue weighted by Gasteiger charge is 2.49.